The smallest absolute Gasteiger partial charge is 0.334 e. The number of carbonyl (C=O) groups is 1. The highest BCUT2D eigenvalue weighted by atomic mass is 19.4. The van der Waals surface area contributed by atoms with Gasteiger partial charge in [0, 0.05) is 18.5 Å². The minimum Gasteiger partial charge on any atom is -0.334 e. The Balaban J connectivity index is 2.60. The van der Waals surface area contributed by atoms with Gasteiger partial charge in [-0.3, -0.25) is 4.79 Å². The van der Waals surface area contributed by atoms with Gasteiger partial charge in [-0.1, -0.05) is 26.2 Å². The van der Waals surface area contributed by atoms with Crippen molar-refractivity contribution in [3.63, 3.8) is 0 Å². The summed E-state index contributed by atoms with van der Waals surface area (Å²) in [5.41, 5.74) is 5.52. The lowest BCUT2D eigenvalue weighted by Crippen LogP contribution is -2.48. The van der Waals surface area contributed by atoms with Crippen LogP contribution in [0.15, 0.2) is 0 Å². The zero-order chi connectivity index (χ0) is 14.5. The van der Waals surface area contributed by atoms with Gasteiger partial charge in [0.1, 0.15) is 6.54 Å². The van der Waals surface area contributed by atoms with Gasteiger partial charge in [-0.05, 0) is 19.3 Å². The number of amides is 1. The minimum atomic E-state index is -4.35. The summed E-state index contributed by atoms with van der Waals surface area (Å²) >= 11 is 0. The predicted octanol–water partition coefficient (Wildman–Crippen LogP) is 2.84. The summed E-state index contributed by atoms with van der Waals surface area (Å²) in [5, 5.41) is 0. The first-order valence-electron chi connectivity index (χ1n) is 6.89. The Bertz CT molecular complexity index is 299. The second-order valence-electron chi connectivity index (χ2n) is 5.53. The van der Waals surface area contributed by atoms with Crippen molar-refractivity contribution in [1.82, 2.24) is 4.90 Å². The molecule has 1 aliphatic rings. The molecule has 1 amide bonds. The van der Waals surface area contributed by atoms with E-state index in [1.54, 1.807) is 6.92 Å². The van der Waals surface area contributed by atoms with Crippen LogP contribution in [0.5, 0.6) is 0 Å². The zero-order valence-electron chi connectivity index (χ0n) is 11.4. The van der Waals surface area contributed by atoms with Gasteiger partial charge in [-0.15, -0.1) is 0 Å². The van der Waals surface area contributed by atoms with Gasteiger partial charge in [-0.25, -0.2) is 0 Å². The van der Waals surface area contributed by atoms with Crippen LogP contribution in [0.1, 0.15) is 51.9 Å². The van der Waals surface area contributed by atoms with E-state index in [2.05, 4.69) is 0 Å². The third-order valence-corrected chi connectivity index (χ3v) is 3.57. The topological polar surface area (TPSA) is 46.3 Å². The van der Waals surface area contributed by atoms with E-state index >= 15 is 0 Å². The van der Waals surface area contributed by atoms with Crippen molar-refractivity contribution in [1.29, 1.82) is 0 Å². The number of hydrogen-bond donors (Lipinski definition) is 1. The van der Waals surface area contributed by atoms with E-state index in [-0.39, 0.29) is 13.0 Å². The molecule has 1 fully saturated rings. The summed E-state index contributed by atoms with van der Waals surface area (Å²) in [6.07, 6.45) is 0.652. The van der Waals surface area contributed by atoms with E-state index in [0.717, 1.165) is 37.0 Å². The second kappa shape index (κ2) is 6.59. The van der Waals surface area contributed by atoms with Gasteiger partial charge in [0.05, 0.1) is 0 Å². The molecule has 0 aromatic rings. The van der Waals surface area contributed by atoms with Crippen molar-refractivity contribution in [2.75, 3.05) is 13.1 Å². The molecule has 1 saturated carbocycles. The average molecular weight is 280 g/mol. The van der Waals surface area contributed by atoms with Gasteiger partial charge < -0.3 is 10.6 Å². The third kappa shape index (κ3) is 5.80. The molecule has 0 atom stereocenters. The number of hydrogen-bond acceptors (Lipinski definition) is 2. The first-order valence-corrected chi connectivity index (χ1v) is 6.89. The lowest BCUT2D eigenvalue weighted by atomic mass is 9.80. The van der Waals surface area contributed by atoms with Crippen molar-refractivity contribution < 1.29 is 18.0 Å². The SMILES string of the molecule is CCCN(CC(F)(F)F)C(=O)CC1(N)CCCCC1. The van der Waals surface area contributed by atoms with Gasteiger partial charge in [0.2, 0.25) is 5.91 Å². The largest absolute Gasteiger partial charge is 0.406 e. The van der Waals surface area contributed by atoms with Crippen LogP contribution in [0, 0.1) is 0 Å². The van der Waals surface area contributed by atoms with E-state index in [4.69, 9.17) is 5.73 Å². The number of carbonyl (C=O) groups excluding carboxylic acids is 1. The van der Waals surface area contributed by atoms with Crippen molar-refractivity contribution in [2.45, 2.75) is 63.6 Å². The molecule has 0 bridgehead atoms. The molecule has 0 aromatic carbocycles. The molecule has 0 unspecified atom stereocenters. The fourth-order valence-corrected chi connectivity index (χ4v) is 2.62. The van der Waals surface area contributed by atoms with Crippen molar-refractivity contribution in [3.05, 3.63) is 0 Å². The normalized spacial score (nSPS) is 19.2. The molecule has 0 aromatic heterocycles. The summed E-state index contributed by atoms with van der Waals surface area (Å²) in [4.78, 5) is 12.9. The van der Waals surface area contributed by atoms with Crippen LogP contribution in [-0.4, -0.2) is 35.6 Å². The summed E-state index contributed by atoms with van der Waals surface area (Å²) in [6, 6.07) is 0. The Morgan fingerprint density at radius 2 is 1.84 bits per heavy atom. The zero-order valence-corrected chi connectivity index (χ0v) is 11.4. The van der Waals surface area contributed by atoms with Crippen LogP contribution >= 0.6 is 0 Å². The highest BCUT2D eigenvalue weighted by molar-refractivity contribution is 5.77. The second-order valence-corrected chi connectivity index (χ2v) is 5.53. The van der Waals surface area contributed by atoms with E-state index in [0.29, 0.717) is 6.42 Å². The predicted molar refractivity (Wildman–Crippen MR) is 67.5 cm³/mol. The molecule has 112 valence electrons. The van der Waals surface area contributed by atoms with Crippen molar-refractivity contribution in [3.8, 4) is 0 Å². The molecule has 0 heterocycles. The van der Waals surface area contributed by atoms with Crippen LogP contribution in [0.25, 0.3) is 0 Å². The minimum absolute atomic E-state index is 0.0308. The highest BCUT2D eigenvalue weighted by Gasteiger charge is 2.36. The molecule has 1 rings (SSSR count). The Morgan fingerprint density at radius 3 is 2.32 bits per heavy atom. The Labute approximate surface area is 112 Å². The number of halogens is 3. The van der Waals surface area contributed by atoms with Gasteiger partial charge in [0.25, 0.3) is 0 Å². The Morgan fingerprint density at radius 1 is 1.26 bits per heavy atom. The van der Waals surface area contributed by atoms with Gasteiger partial charge >= 0.3 is 6.18 Å². The molecule has 2 N–H and O–H groups in total. The van der Waals surface area contributed by atoms with Crippen LogP contribution in [0.4, 0.5) is 13.2 Å². The maximum Gasteiger partial charge on any atom is 0.406 e. The summed E-state index contributed by atoms with van der Waals surface area (Å²) in [7, 11) is 0. The molecule has 3 nitrogen and oxygen atoms in total. The van der Waals surface area contributed by atoms with Crippen molar-refractivity contribution >= 4 is 5.91 Å². The Kier molecular flexibility index (Phi) is 5.64. The number of alkyl halides is 3. The molecular formula is C13H23F3N2O. The third-order valence-electron chi connectivity index (χ3n) is 3.57. The molecule has 1 aliphatic carbocycles. The summed E-state index contributed by atoms with van der Waals surface area (Å²) in [5.74, 6) is -0.469. The standard InChI is InChI=1S/C13H23F3N2O/c1-2-8-18(10-13(14,15)16)11(19)9-12(17)6-4-3-5-7-12/h2-10,17H2,1H3. The molecule has 0 spiro atoms. The quantitative estimate of drug-likeness (QED) is 0.841. The number of rotatable bonds is 5. The van der Waals surface area contributed by atoms with Crippen LogP contribution in [-0.2, 0) is 4.79 Å². The average Bonchev–Trinajstić information content (AvgIpc) is 2.27. The van der Waals surface area contributed by atoms with Crippen LogP contribution in [0.3, 0.4) is 0 Å². The Hall–Kier alpha value is -0.780. The number of nitrogens with two attached hydrogens (primary N) is 1. The van der Waals surface area contributed by atoms with E-state index in [1.807, 2.05) is 0 Å². The van der Waals surface area contributed by atoms with E-state index < -0.39 is 24.2 Å². The maximum absolute atomic E-state index is 12.4. The van der Waals surface area contributed by atoms with E-state index in [9.17, 15) is 18.0 Å². The summed E-state index contributed by atoms with van der Waals surface area (Å²) < 4.78 is 37.3. The molecule has 0 aliphatic heterocycles. The van der Waals surface area contributed by atoms with Crippen LogP contribution < -0.4 is 5.73 Å². The number of nitrogens with zero attached hydrogens (tertiary/aromatic N) is 1. The van der Waals surface area contributed by atoms with Crippen molar-refractivity contribution in [2.24, 2.45) is 5.73 Å². The molecule has 0 saturated heterocycles. The van der Waals surface area contributed by atoms with E-state index in [1.165, 1.54) is 0 Å². The lowest BCUT2D eigenvalue weighted by Gasteiger charge is -2.35. The first kappa shape index (κ1) is 16.3. The first-order chi connectivity index (χ1) is 8.76. The van der Waals surface area contributed by atoms with Gasteiger partial charge in [0.15, 0.2) is 0 Å². The molecule has 19 heavy (non-hydrogen) atoms. The fraction of sp³-hybridized carbons (Fsp3) is 0.923. The van der Waals surface area contributed by atoms with Crippen LogP contribution in [0.2, 0.25) is 0 Å². The monoisotopic (exact) mass is 280 g/mol. The molecular weight excluding hydrogens is 257 g/mol. The van der Waals surface area contributed by atoms with Gasteiger partial charge in [-0.2, -0.15) is 13.2 Å². The highest BCUT2D eigenvalue weighted by Crippen LogP contribution is 2.29. The lowest BCUT2D eigenvalue weighted by molar-refractivity contribution is -0.162. The fourth-order valence-electron chi connectivity index (χ4n) is 2.62. The summed E-state index contributed by atoms with van der Waals surface area (Å²) in [6.45, 7) is 0.722. The molecule has 6 heteroatoms. The maximum atomic E-state index is 12.4. The molecule has 0 radical (unpaired) electrons.